The molecular weight excluding hydrogens is 1680 g/mol. The molecule has 4 aliphatic heterocycles. The average molecular weight is 1810 g/mol. The second kappa shape index (κ2) is 52.4. The largest absolute Gasteiger partial charge is 0.507 e. The summed E-state index contributed by atoms with van der Waals surface area (Å²) in [5.74, 6) is -1.78. The Balaban J connectivity index is 0.000000407. The number of carbonyl (C=O) groups excluding carboxylic acids is 6. The minimum Gasteiger partial charge on any atom is -0.507 e. The molecule has 0 saturated carbocycles. The first-order valence-electron chi connectivity index (χ1n) is 40.3. The van der Waals surface area contributed by atoms with Crippen molar-refractivity contribution in [3.63, 3.8) is 0 Å². The lowest BCUT2D eigenvalue weighted by molar-refractivity contribution is -0.232. The lowest BCUT2D eigenvalue weighted by Crippen LogP contribution is -2.51. The number of hydrogen-bond acceptors (Lipinski definition) is 29. The molecule has 36 heteroatoms. The van der Waals surface area contributed by atoms with Gasteiger partial charge in [-0.05, 0) is 139 Å². The van der Waals surface area contributed by atoms with Crippen molar-refractivity contribution in [2.24, 2.45) is 0 Å². The third-order valence-electron chi connectivity index (χ3n) is 21.9. The van der Waals surface area contributed by atoms with Crippen LogP contribution in [0.4, 0.5) is 0 Å². The van der Waals surface area contributed by atoms with Crippen LogP contribution in [0.5, 0.6) is 34.5 Å². The van der Waals surface area contributed by atoms with E-state index in [-0.39, 0.29) is 189 Å². The number of carboxylic acids is 1. The molecule has 0 spiro atoms. The first kappa shape index (κ1) is 110. The number of aromatic nitrogens is 4. The predicted octanol–water partition coefficient (Wildman–Crippen LogP) is 12.5. The molecule has 7 aromatic rings. The van der Waals surface area contributed by atoms with E-state index < -0.39 is 30.9 Å². The lowest BCUT2D eigenvalue weighted by Gasteiger charge is -2.37. The minimum atomic E-state index is -2.02. The highest BCUT2D eigenvalue weighted by Crippen LogP contribution is 2.40. The van der Waals surface area contributed by atoms with Crippen LogP contribution in [-0.2, 0) is 63.7 Å². The van der Waals surface area contributed by atoms with Gasteiger partial charge < -0.3 is 98.1 Å². The molecule has 696 valence electrons. The number of aromatic carboxylic acids is 1. The number of carboxylic acid groups (broad SMARTS) is 1. The smallest absolute Gasteiger partial charge is 0.337 e. The third-order valence-corrected chi connectivity index (χ3v) is 35.0. The quantitative estimate of drug-likeness (QED) is 0.0105. The summed E-state index contributed by atoms with van der Waals surface area (Å²) < 4.78 is 51.1. The number of nitrogens with zero attached hydrogens (tertiary/aromatic N) is 7. The van der Waals surface area contributed by atoms with E-state index in [1.807, 2.05) is 0 Å². The summed E-state index contributed by atoms with van der Waals surface area (Å²) in [5.41, 5.74) is 3.53. The number of nitrogens with one attached hydrogen (secondary N) is 1. The number of benzene rings is 3. The number of hydrogen-bond donors (Lipinski definition) is 9. The average Bonchev–Trinajstić information content (AvgIpc) is 0.810. The Morgan fingerprint density at radius 2 is 0.786 bits per heavy atom. The molecule has 4 aromatic heterocycles. The van der Waals surface area contributed by atoms with Crippen LogP contribution in [0.1, 0.15) is 180 Å². The van der Waals surface area contributed by atoms with Crippen molar-refractivity contribution in [1.82, 2.24) is 40.0 Å². The van der Waals surface area contributed by atoms with Crippen LogP contribution >= 0.6 is 0 Å². The number of amides is 3. The number of aliphatic hydroxyl groups excluding tert-OH is 3. The van der Waals surface area contributed by atoms with Crippen LogP contribution in [0.25, 0.3) is 0 Å². The van der Waals surface area contributed by atoms with Gasteiger partial charge in [0.05, 0.1) is 172 Å². The van der Waals surface area contributed by atoms with Gasteiger partial charge in [0.1, 0.15) is 54.3 Å². The van der Waals surface area contributed by atoms with Crippen LogP contribution in [0.2, 0.25) is 54.4 Å². The van der Waals surface area contributed by atoms with Gasteiger partial charge in [-0.2, -0.15) is 0 Å². The normalized spacial score (nSPS) is 16.5. The first-order valence-corrected chi connectivity index (χ1v) is 49.1. The summed E-state index contributed by atoms with van der Waals surface area (Å²) in [5, 5.41) is 77.2. The van der Waals surface area contributed by atoms with Crippen molar-refractivity contribution in [3.8, 4) is 34.5 Å². The SMILES string of the molecule is C.C.C.CC(C)(C)[Si](C)(C)OCc1ncccc1C(=O)N1CCOC[C@H]1CO.CC(C)(C)[Si](C)(C)OCc1ncccc1C(=O)N1CCOC[C@H]1COc1cccc(O)c1C=O.CC(C)(C)[Si](C)(C)OOCc1ncccc1C(=O)O.O=Cc1c(O)cccc1O.O=Cc1c(O)cccc1OC[C@@H]1COCCN1C(=O)c1cccnc1CO.OC[C@@H]1COCCN1. The maximum Gasteiger partial charge on any atom is 0.337 e. The van der Waals surface area contributed by atoms with Crippen LogP contribution in [0.15, 0.2) is 128 Å². The second-order valence-corrected chi connectivity index (χ2v) is 47.8. The van der Waals surface area contributed by atoms with Crippen molar-refractivity contribution in [2.45, 2.75) is 190 Å². The number of aromatic hydroxyl groups is 4. The van der Waals surface area contributed by atoms with Gasteiger partial charge in [0, 0.05) is 51.0 Å². The third kappa shape index (κ3) is 32.2. The summed E-state index contributed by atoms with van der Waals surface area (Å²) in [7, 11) is -5.95. The number of rotatable bonds is 26. The van der Waals surface area contributed by atoms with Gasteiger partial charge in [-0.1, -0.05) is 103 Å². The molecule has 8 heterocycles. The molecule has 0 aliphatic carbocycles. The molecule has 4 fully saturated rings. The standard InChI is InChI=1S/C25H34N2O6Si.C19H20N2O6.C18H30N2O4Si.C13H21NO4Si.C7H6O3.C5H11NO2.3CH4/c1-25(2,3)34(4,5)33-17-21-19(8-7-11-26-21)24(30)27-12-13-31-15-18(27)16-32-23-10-6-9-22(29)20(23)14-28;22-9-15-17(24)4-1-5-18(15)27-12-13-11-26-8-7-21(13)19(25)14-3-2-6-20-16(14)10-23;1-18(2,3)25(4,5)24-13-16-15(7-6-8-19-16)17(22)20-9-10-23-12-14(20)11-21;1-13(2,3)19(4,5)18-17-9-11-10(12(15)16)7-6-8-14-11;8-4-5-6(9)2-1-3-7(5)10;7-3-5-4-8-2-1-6-5;;;/h6-11,14,18,29H,12-13,15-17H2,1-5H3;1-6,9,13,23-24H,7-8,10-12H2;6-8,14,21H,9-13H2,1-5H3;6-8H,9H2,1-5H3,(H,15,16);1-4,9-10H;5-7H,1-4H2;3*1H4/t18-;13-;14-;;;5-;;;/m001..1.../s1. The van der Waals surface area contributed by atoms with E-state index in [9.17, 15) is 54.0 Å². The number of aliphatic hydroxyl groups is 3. The Morgan fingerprint density at radius 3 is 1.12 bits per heavy atom. The summed E-state index contributed by atoms with van der Waals surface area (Å²) in [6.07, 6.45) is 7.89. The number of phenolic OH excluding ortho intramolecular Hbond substituents is 4. The molecule has 0 radical (unpaired) electrons. The van der Waals surface area contributed by atoms with Gasteiger partial charge in [0.2, 0.25) is 8.32 Å². The molecule has 3 aromatic carbocycles. The van der Waals surface area contributed by atoms with E-state index in [0.717, 1.165) is 13.2 Å². The Morgan fingerprint density at radius 1 is 0.444 bits per heavy atom. The summed E-state index contributed by atoms with van der Waals surface area (Å²) in [6.45, 7) is 38.5. The van der Waals surface area contributed by atoms with Crippen molar-refractivity contribution < 1.29 is 121 Å². The number of carbonyl (C=O) groups is 7. The van der Waals surface area contributed by atoms with Gasteiger partial charge in [-0.15, -0.1) is 0 Å². The molecule has 126 heavy (non-hydrogen) atoms. The van der Waals surface area contributed by atoms with Crippen molar-refractivity contribution >= 4 is 67.5 Å². The molecule has 3 amide bonds. The Hall–Kier alpha value is -9.88. The Labute approximate surface area is 744 Å². The number of phenols is 4. The van der Waals surface area contributed by atoms with Gasteiger partial charge >= 0.3 is 5.97 Å². The molecule has 4 atom stereocenters. The predicted molar refractivity (Wildman–Crippen MR) is 484 cm³/mol. The fourth-order valence-electron chi connectivity index (χ4n) is 11.3. The molecule has 33 nitrogen and oxygen atoms in total. The van der Waals surface area contributed by atoms with Crippen LogP contribution in [0, 0.1) is 0 Å². The first-order chi connectivity index (χ1) is 58.2. The topological polar surface area (TPSA) is 447 Å². The fourth-order valence-corrected chi connectivity index (χ4v) is 13.7. The molecule has 0 bridgehead atoms. The maximum absolute atomic E-state index is 13.6. The molecule has 4 saturated heterocycles. The zero-order valence-corrected chi connectivity index (χ0v) is 76.0. The van der Waals surface area contributed by atoms with Crippen molar-refractivity contribution in [2.75, 3.05) is 105 Å². The van der Waals surface area contributed by atoms with Crippen LogP contribution in [0.3, 0.4) is 0 Å². The van der Waals surface area contributed by atoms with Gasteiger partial charge in [-0.25, -0.2) is 9.68 Å². The van der Waals surface area contributed by atoms with Crippen LogP contribution in [-0.4, -0.2) is 273 Å². The van der Waals surface area contributed by atoms with Crippen molar-refractivity contribution in [1.29, 1.82) is 0 Å². The maximum atomic E-state index is 13.6. The summed E-state index contributed by atoms with van der Waals surface area (Å²) >= 11 is 0. The van der Waals surface area contributed by atoms with Gasteiger partial charge in [0.15, 0.2) is 35.5 Å². The van der Waals surface area contributed by atoms with E-state index >= 15 is 0 Å². The molecule has 11 rings (SSSR count). The Bertz CT molecular complexity index is 4540. The number of pyridine rings is 4. The highest BCUT2D eigenvalue weighted by atomic mass is 28.4. The monoisotopic (exact) mass is 1810 g/mol. The number of morpholine rings is 4. The van der Waals surface area contributed by atoms with Gasteiger partial charge in [-0.3, -0.25) is 53.3 Å². The molecule has 4 aliphatic rings. The zero-order valence-electron chi connectivity index (χ0n) is 73.0. The van der Waals surface area contributed by atoms with Gasteiger partial charge in [0.25, 0.3) is 17.7 Å². The second-order valence-electron chi connectivity index (χ2n) is 33.5. The highest BCUT2D eigenvalue weighted by Gasteiger charge is 2.42. The molecule has 0 unspecified atom stereocenters. The number of ether oxygens (including phenoxy) is 6. The van der Waals surface area contributed by atoms with E-state index in [0.29, 0.717) is 124 Å². The molecular formula is C90H134N8O25Si3. The summed E-state index contributed by atoms with van der Waals surface area (Å²) in [6, 6.07) is 25.8. The highest BCUT2D eigenvalue weighted by molar-refractivity contribution is 6.74. The van der Waals surface area contributed by atoms with Crippen LogP contribution < -0.4 is 14.8 Å². The Kier molecular flexibility index (Phi) is 45.9. The van der Waals surface area contributed by atoms with E-state index in [2.05, 4.69) is 127 Å². The molecule has 9 N–H and O–H groups in total. The van der Waals surface area contributed by atoms with Crippen molar-refractivity contribution in [3.05, 3.63) is 190 Å². The van der Waals surface area contributed by atoms with E-state index in [1.165, 1.54) is 48.8 Å². The minimum absolute atomic E-state index is 0. The van der Waals surface area contributed by atoms with E-state index in [1.54, 1.807) is 93.8 Å². The number of aldehydes is 3. The fraction of sp³-hybridized carbons (Fsp3) is 0.500. The summed E-state index contributed by atoms with van der Waals surface area (Å²) in [4.78, 5) is 110. The zero-order chi connectivity index (χ0) is 90.9. The lowest BCUT2D eigenvalue weighted by atomic mass is 10.1. The van der Waals surface area contributed by atoms with E-state index in [4.69, 9.17) is 67.2 Å².